The third-order valence-electron chi connectivity index (χ3n) is 4.06. The van der Waals surface area contributed by atoms with Crippen LogP contribution in [0.1, 0.15) is 17.2 Å². The Bertz CT molecular complexity index is 631. The number of nitrogens with zero attached hydrogens (tertiary/aromatic N) is 1. The summed E-state index contributed by atoms with van der Waals surface area (Å²) in [7, 11) is 0.867. The van der Waals surface area contributed by atoms with Gasteiger partial charge in [-0.15, -0.1) is 0 Å². The molecule has 2 rings (SSSR count). The van der Waals surface area contributed by atoms with E-state index in [1.165, 1.54) is 17.0 Å². The number of halogens is 6. The third-order valence-corrected chi connectivity index (χ3v) is 4.06. The largest absolute Gasteiger partial charge is 0.469 e. The van der Waals surface area contributed by atoms with Crippen molar-refractivity contribution in [3.63, 3.8) is 0 Å². The lowest BCUT2D eigenvalue weighted by Gasteiger charge is -2.35. The minimum atomic E-state index is -4.78. The summed E-state index contributed by atoms with van der Waals surface area (Å²) in [4.78, 5) is 12.8. The smallest absolute Gasteiger partial charge is 0.416 e. The normalized spacial score (nSPS) is 20.7. The van der Waals surface area contributed by atoms with Crippen LogP contribution in [0.3, 0.4) is 0 Å². The summed E-state index contributed by atoms with van der Waals surface area (Å²) in [5.74, 6) is -3.73. The first kappa shape index (κ1) is 20.5. The molecule has 0 bridgehead atoms. The molecule has 1 saturated heterocycles. The highest BCUT2D eigenvalue weighted by atomic mass is 19.4. The fourth-order valence-corrected chi connectivity index (χ4v) is 2.70. The predicted octanol–water partition coefficient (Wildman–Crippen LogP) is 3.43. The first-order valence-corrected chi connectivity index (χ1v) is 7.68. The fourth-order valence-electron chi connectivity index (χ4n) is 2.70. The van der Waals surface area contributed by atoms with Gasteiger partial charge in [0.2, 0.25) is 0 Å². The van der Waals surface area contributed by atoms with E-state index in [0.29, 0.717) is 0 Å². The molecule has 0 saturated carbocycles. The van der Waals surface area contributed by atoms with Crippen molar-refractivity contribution in [2.45, 2.75) is 18.5 Å². The van der Waals surface area contributed by atoms with Crippen LogP contribution in [0.5, 0.6) is 0 Å². The quantitative estimate of drug-likeness (QED) is 0.588. The van der Waals surface area contributed by atoms with Gasteiger partial charge in [0.05, 0.1) is 25.4 Å². The standard InChI is InChI=1S/C16H17F6NO3/c1-25-14(24)12(16(20,21)22)8-23-5-6-26-13(9-23)10-3-2-4-11(7-10)15(17,18)19/h2-4,7,12-13H,5-6,8-9H2,1H3/t12-,13-/m1/s1. The van der Waals surface area contributed by atoms with Gasteiger partial charge in [-0.25, -0.2) is 0 Å². The van der Waals surface area contributed by atoms with Crippen molar-refractivity contribution >= 4 is 5.97 Å². The molecule has 0 N–H and O–H groups in total. The van der Waals surface area contributed by atoms with E-state index in [2.05, 4.69) is 4.74 Å². The van der Waals surface area contributed by atoms with Crippen LogP contribution in [0.25, 0.3) is 0 Å². The molecule has 1 fully saturated rings. The van der Waals surface area contributed by atoms with Gasteiger partial charge in [-0.1, -0.05) is 12.1 Å². The van der Waals surface area contributed by atoms with E-state index in [4.69, 9.17) is 4.74 Å². The highest BCUT2D eigenvalue weighted by molar-refractivity contribution is 5.73. The van der Waals surface area contributed by atoms with Crippen LogP contribution < -0.4 is 0 Å². The Morgan fingerprint density at radius 1 is 1.31 bits per heavy atom. The summed E-state index contributed by atoms with van der Waals surface area (Å²) in [5, 5.41) is 0. The molecule has 1 aliphatic heterocycles. The second kappa shape index (κ2) is 7.83. The number of hydrogen-bond acceptors (Lipinski definition) is 4. The molecule has 2 atom stereocenters. The average molecular weight is 385 g/mol. The second-order valence-corrected chi connectivity index (χ2v) is 5.86. The maximum atomic E-state index is 13.0. The van der Waals surface area contributed by atoms with E-state index >= 15 is 0 Å². The molecule has 1 aromatic carbocycles. The maximum absolute atomic E-state index is 13.0. The molecule has 4 nitrogen and oxygen atoms in total. The van der Waals surface area contributed by atoms with Crippen LogP contribution in [0.2, 0.25) is 0 Å². The van der Waals surface area contributed by atoms with Gasteiger partial charge in [0.25, 0.3) is 0 Å². The summed E-state index contributed by atoms with van der Waals surface area (Å²) in [6.45, 7) is -0.550. The molecule has 0 aromatic heterocycles. The van der Waals surface area contributed by atoms with Gasteiger partial charge in [0, 0.05) is 19.6 Å². The monoisotopic (exact) mass is 385 g/mol. The zero-order valence-corrected chi connectivity index (χ0v) is 13.7. The van der Waals surface area contributed by atoms with Crippen LogP contribution in [-0.4, -0.2) is 50.4 Å². The topological polar surface area (TPSA) is 38.8 Å². The first-order chi connectivity index (χ1) is 12.0. The van der Waals surface area contributed by atoms with Crippen LogP contribution in [0.4, 0.5) is 26.3 Å². The minimum absolute atomic E-state index is 0.0344. The summed E-state index contributed by atoms with van der Waals surface area (Å²) < 4.78 is 87.2. The van der Waals surface area contributed by atoms with Crippen LogP contribution in [-0.2, 0) is 20.4 Å². The van der Waals surface area contributed by atoms with Gasteiger partial charge in [0.1, 0.15) is 0 Å². The molecule has 0 amide bonds. The molecule has 0 aliphatic carbocycles. The molecule has 0 unspecified atom stereocenters. The number of rotatable bonds is 4. The first-order valence-electron chi connectivity index (χ1n) is 7.68. The maximum Gasteiger partial charge on any atom is 0.416 e. The molecule has 0 radical (unpaired) electrons. The Morgan fingerprint density at radius 3 is 2.58 bits per heavy atom. The Kier molecular flexibility index (Phi) is 6.17. The van der Waals surface area contributed by atoms with Crippen LogP contribution >= 0.6 is 0 Å². The number of alkyl halides is 6. The zero-order valence-electron chi connectivity index (χ0n) is 13.7. The highest BCUT2D eigenvalue weighted by Gasteiger charge is 2.47. The fraction of sp³-hybridized carbons (Fsp3) is 0.562. The highest BCUT2D eigenvalue weighted by Crippen LogP contribution is 2.33. The number of esters is 1. The van der Waals surface area contributed by atoms with Gasteiger partial charge >= 0.3 is 18.3 Å². The lowest BCUT2D eigenvalue weighted by molar-refractivity contribution is -0.201. The zero-order chi connectivity index (χ0) is 19.5. The van der Waals surface area contributed by atoms with Crippen LogP contribution in [0, 0.1) is 5.92 Å². The Labute approximate surface area is 145 Å². The average Bonchev–Trinajstić information content (AvgIpc) is 2.57. The Balaban J connectivity index is 2.13. The van der Waals surface area contributed by atoms with E-state index < -0.39 is 42.5 Å². The van der Waals surface area contributed by atoms with Crippen molar-refractivity contribution in [1.29, 1.82) is 0 Å². The molecule has 146 valence electrons. The molecule has 0 spiro atoms. The van der Waals surface area contributed by atoms with Crippen LogP contribution in [0.15, 0.2) is 24.3 Å². The Hall–Kier alpha value is -1.81. The van der Waals surface area contributed by atoms with Gasteiger partial charge < -0.3 is 9.47 Å². The van der Waals surface area contributed by atoms with Crippen molar-refractivity contribution in [2.24, 2.45) is 5.92 Å². The van der Waals surface area contributed by atoms with E-state index in [1.807, 2.05) is 0 Å². The van der Waals surface area contributed by atoms with Crippen molar-refractivity contribution in [2.75, 3.05) is 33.4 Å². The molecular weight excluding hydrogens is 368 g/mol. The number of benzene rings is 1. The molecule has 1 aromatic rings. The molecule has 10 heteroatoms. The van der Waals surface area contributed by atoms with E-state index in [1.54, 1.807) is 0 Å². The molecular formula is C16H17F6NO3. The van der Waals surface area contributed by atoms with Gasteiger partial charge in [-0.2, -0.15) is 26.3 Å². The molecule has 26 heavy (non-hydrogen) atoms. The lowest BCUT2D eigenvalue weighted by atomic mass is 10.0. The summed E-state index contributed by atoms with van der Waals surface area (Å²) in [6.07, 6.45) is -10.1. The van der Waals surface area contributed by atoms with Gasteiger partial charge in [-0.05, 0) is 17.7 Å². The van der Waals surface area contributed by atoms with Gasteiger partial charge in [-0.3, -0.25) is 9.69 Å². The minimum Gasteiger partial charge on any atom is -0.469 e. The SMILES string of the molecule is COC(=O)[C@@H](CN1CCO[C@@H](c2cccc(C(F)(F)F)c2)C1)C(F)(F)F. The number of methoxy groups -OCH3 is 1. The van der Waals surface area contributed by atoms with Gasteiger partial charge in [0.15, 0.2) is 5.92 Å². The number of hydrogen-bond donors (Lipinski definition) is 0. The second-order valence-electron chi connectivity index (χ2n) is 5.86. The van der Waals surface area contributed by atoms with E-state index in [9.17, 15) is 31.1 Å². The predicted molar refractivity (Wildman–Crippen MR) is 78.1 cm³/mol. The van der Waals surface area contributed by atoms with Crippen molar-refractivity contribution in [3.05, 3.63) is 35.4 Å². The summed E-state index contributed by atoms with van der Waals surface area (Å²) in [6, 6.07) is 4.45. The summed E-state index contributed by atoms with van der Waals surface area (Å²) in [5.41, 5.74) is -0.649. The number of carbonyl (C=O) groups is 1. The molecule has 1 heterocycles. The van der Waals surface area contributed by atoms with E-state index in [-0.39, 0.29) is 25.3 Å². The number of carbonyl (C=O) groups excluding carboxylic acids is 1. The van der Waals surface area contributed by atoms with Crippen molar-refractivity contribution < 1.29 is 40.6 Å². The molecule has 1 aliphatic rings. The summed E-state index contributed by atoms with van der Waals surface area (Å²) >= 11 is 0. The van der Waals surface area contributed by atoms with E-state index in [0.717, 1.165) is 19.2 Å². The Morgan fingerprint density at radius 2 is 2.00 bits per heavy atom. The van der Waals surface area contributed by atoms with Crippen molar-refractivity contribution in [1.82, 2.24) is 4.90 Å². The lowest BCUT2D eigenvalue weighted by Crippen LogP contribution is -2.46. The number of ether oxygens (including phenoxy) is 2. The number of morpholine rings is 1. The van der Waals surface area contributed by atoms with Crippen molar-refractivity contribution in [3.8, 4) is 0 Å². The third kappa shape index (κ3) is 5.10.